The summed E-state index contributed by atoms with van der Waals surface area (Å²) in [5.74, 6) is 0. The topological polar surface area (TPSA) is 3.24 Å². The van der Waals surface area contributed by atoms with E-state index in [-0.39, 0.29) is 0 Å². The van der Waals surface area contributed by atoms with Crippen LogP contribution in [0.4, 0.5) is 17.1 Å². The first-order valence-electron chi connectivity index (χ1n) is 22.2. The minimum absolute atomic E-state index is 0.490. The van der Waals surface area contributed by atoms with Crippen LogP contribution in [0.15, 0.2) is 261 Å². The van der Waals surface area contributed by atoms with E-state index in [4.69, 9.17) is 0 Å². The van der Waals surface area contributed by atoms with Gasteiger partial charge in [-0.1, -0.05) is 218 Å². The van der Waals surface area contributed by atoms with Crippen molar-refractivity contribution in [2.24, 2.45) is 0 Å². The normalized spacial score (nSPS) is 12.5. The quantitative estimate of drug-likeness (QED) is 0.148. The molecule has 0 spiro atoms. The van der Waals surface area contributed by atoms with E-state index in [0.29, 0.717) is 0 Å². The Morgan fingerprint density at radius 2 is 0.688 bits per heavy atom. The molecular weight excluding hydrogens is 771 g/mol. The highest BCUT2D eigenvalue weighted by atomic mass is 15.1. The Hall–Kier alpha value is -8.26. The molecule has 0 bridgehead atoms. The van der Waals surface area contributed by atoms with Crippen molar-refractivity contribution >= 4 is 38.6 Å². The standard InChI is InChI=1S/C63H43N/c1-3-20-52(21-4-1)63(53-22-5-2-6-23-53)59-27-13-11-25-58(59)62-57(26-15-28-60(62)63)56-24-12-14-29-61(56)64(54-38-34-46(35-39-54)50-32-30-44-16-7-9-18-48(44)42-50)55-40-36-47(37-41-55)51-33-31-45-17-8-10-19-49(45)43-51/h1-43H. The number of hydrogen-bond donors (Lipinski definition) is 0. The molecule has 64 heavy (non-hydrogen) atoms. The van der Waals surface area contributed by atoms with Crippen molar-refractivity contribution < 1.29 is 0 Å². The van der Waals surface area contributed by atoms with Crippen LogP contribution >= 0.6 is 0 Å². The molecule has 11 aromatic carbocycles. The fraction of sp³-hybridized carbons (Fsp3) is 0.0159. The van der Waals surface area contributed by atoms with Crippen molar-refractivity contribution in [2.75, 3.05) is 4.90 Å². The maximum Gasteiger partial charge on any atom is 0.0713 e. The van der Waals surface area contributed by atoms with Gasteiger partial charge in [-0.3, -0.25) is 0 Å². The van der Waals surface area contributed by atoms with Crippen LogP contribution in [0.5, 0.6) is 0 Å². The van der Waals surface area contributed by atoms with Crippen molar-refractivity contribution in [2.45, 2.75) is 5.41 Å². The summed E-state index contributed by atoms with van der Waals surface area (Å²) in [5.41, 5.74) is 17.6. The van der Waals surface area contributed by atoms with Crippen LogP contribution in [0, 0.1) is 0 Å². The Morgan fingerprint density at radius 1 is 0.266 bits per heavy atom. The van der Waals surface area contributed by atoms with E-state index >= 15 is 0 Å². The first kappa shape index (κ1) is 37.5. The summed E-state index contributed by atoms with van der Waals surface area (Å²) in [6.07, 6.45) is 0. The molecule has 12 rings (SSSR count). The number of benzene rings is 11. The van der Waals surface area contributed by atoms with E-state index in [1.54, 1.807) is 0 Å². The van der Waals surface area contributed by atoms with E-state index < -0.39 is 5.41 Å². The average molecular weight is 814 g/mol. The maximum absolute atomic E-state index is 2.44. The minimum Gasteiger partial charge on any atom is -0.310 e. The third-order valence-corrected chi connectivity index (χ3v) is 13.3. The van der Waals surface area contributed by atoms with E-state index in [1.165, 1.54) is 88.3 Å². The van der Waals surface area contributed by atoms with Gasteiger partial charge in [0.25, 0.3) is 0 Å². The highest BCUT2D eigenvalue weighted by molar-refractivity contribution is 6.00. The third kappa shape index (κ3) is 6.16. The SMILES string of the molecule is c1ccc(C2(c3ccccc3)c3ccccc3-c3c(-c4ccccc4N(c4ccc(-c5ccc6ccccc6c5)cc4)c4ccc(-c5ccc6ccccc6c5)cc4)cccc32)cc1. The molecule has 0 saturated carbocycles. The predicted octanol–water partition coefficient (Wildman–Crippen LogP) is 16.8. The van der Waals surface area contributed by atoms with Crippen LogP contribution in [0.1, 0.15) is 22.3 Å². The summed E-state index contributed by atoms with van der Waals surface area (Å²) in [4.78, 5) is 2.44. The monoisotopic (exact) mass is 813 g/mol. The molecule has 0 N–H and O–H groups in total. The summed E-state index contributed by atoms with van der Waals surface area (Å²) in [6, 6.07) is 95.9. The van der Waals surface area contributed by atoms with Gasteiger partial charge in [0.1, 0.15) is 0 Å². The fourth-order valence-corrected chi connectivity index (χ4v) is 10.4. The number of hydrogen-bond acceptors (Lipinski definition) is 1. The summed E-state index contributed by atoms with van der Waals surface area (Å²) < 4.78 is 0. The van der Waals surface area contributed by atoms with Gasteiger partial charge in [-0.05, 0) is 125 Å². The smallest absolute Gasteiger partial charge is 0.0713 e. The summed E-state index contributed by atoms with van der Waals surface area (Å²) in [6.45, 7) is 0. The van der Waals surface area contributed by atoms with Crippen LogP contribution < -0.4 is 4.90 Å². The Kier molecular flexibility index (Phi) is 9.13. The third-order valence-electron chi connectivity index (χ3n) is 13.3. The Labute approximate surface area is 374 Å². The largest absolute Gasteiger partial charge is 0.310 e. The molecule has 0 heterocycles. The molecule has 1 aliphatic rings. The molecular formula is C63H43N. The second-order valence-corrected chi connectivity index (χ2v) is 16.8. The van der Waals surface area contributed by atoms with Crippen LogP contribution in [0.25, 0.3) is 66.1 Å². The number of anilines is 3. The van der Waals surface area contributed by atoms with Gasteiger partial charge < -0.3 is 4.90 Å². The van der Waals surface area contributed by atoms with Gasteiger partial charge in [0.15, 0.2) is 0 Å². The summed E-state index contributed by atoms with van der Waals surface area (Å²) in [5, 5.41) is 4.98. The maximum atomic E-state index is 2.44. The molecule has 11 aromatic rings. The Bertz CT molecular complexity index is 3310. The lowest BCUT2D eigenvalue weighted by Crippen LogP contribution is -2.28. The van der Waals surface area contributed by atoms with Crippen molar-refractivity contribution in [1.82, 2.24) is 0 Å². The lowest BCUT2D eigenvalue weighted by molar-refractivity contribution is 0.768. The van der Waals surface area contributed by atoms with Gasteiger partial charge >= 0.3 is 0 Å². The molecule has 0 radical (unpaired) electrons. The van der Waals surface area contributed by atoms with E-state index in [9.17, 15) is 0 Å². The lowest BCUT2D eigenvalue weighted by Gasteiger charge is -2.34. The molecule has 0 amide bonds. The van der Waals surface area contributed by atoms with Gasteiger partial charge in [0.05, 0.1) is 11.1 Å². The molecule has 0 aromatic heterocycles. The van der Waals surface area contributed by atoms with Crippen LogP contribution in [0.2, 0.25) is 0 Å². The minimum atomic E-state index is -0.490. The number of rotatable bonds is 8. The highest BCUT2D eigenvalue weighted by Crippen LogP contribution is 2.59. The lowest BCUT2D eigenvalue weighted by atomic mass is 9.67. The summed E-state index contributed by atoms with van der Waals surface area (Å²) >= 11 is 0. The number of fused-ring (bicyclic) bond motifs is 5. The van der Waals surface area contributed by atoms with Crippen molar-refractivity contribution in [3.63, 3.8) is 0 Å². The van der Waals surface area contributed by atoms with E-state index in [0.717, 1.165) is 17.1 Å². The van der Waals surface area contributed by atoms with Crippen molar-refractivity contribution in [3.8, 4) is 44.5 Å². The second kappa shape index (κ2) is 15.6. The number of para-hydroxylation sites is 1. The first-order chi connectivity index (χ1) is 31.7. The second-order valence-electron chi connectivity index (χ2n) is 16.8. The Balaban J connectivity index is 1.04. The van der Waals surface area contributed by atoms with Gasteiger partial charge in [0, 0.05) is 16.9 Å². The fourth-order valence-electron chi connectivity index (χ4n) is 10.4. The molecule has 0 fully saturated rings. The molecule has 1 nitrogen and oxygen atoms in total. The van der Waals surface area contributed by atoms with Crippen LogP contribution in [-0.2, 0) is 5.41 Å². The van der Waals surface area contributed by atoms with Gasteiger partial charge in [-0.2, -0.15) is 0 Å². The Morgan fingerprint density at radius 3 is 1.25 bits per heavy atom. The summed E-state index contributed by atoms with van der Waals surface area (Å²) in [7, 11) is 0. The zero-order valence-electron chi connectivity index (χ0n) is 35.3. The molecule has 1 aliphatic carbocycles. The molecule has 0 unspecified atom stereocenters. The van der Waals surface area contributed by atoms with Crippen LogP contribution in [-0.4, -0.2) is 0 Å². The molecule has 0 atom stereocenters. The molecule has 300 valence electrons. The van der Waals surface area contributed by atoms with Crippen molar-refractivity contribution in [1.29, 1.82) is 0 Å². The van der Waals surface area contributed by atoms with Crippen molar-refractivity contribution in [3.05, 3.63) is 283 Å². The van der Waals surface area contributed by atoms with Gasteiger partial charge in [-0.25, -0.2) is 0 Å². The number of nitrogens with zero attached hydrogens (tertiary/aromatic N) is 1. The zero-order valence-corrected chi connectivity index (χ0v) is 35.3. The zero-order chi connectivity index (χ0) is 42.5. The average Bonchev–Trinajstić information content (AvgIpc) is 3.69. The van der Waals surface area contributed by atoms with Crippen LogP contribution in [0.3, 0.4) is 0 Å². The molecule has 1 heteroatoms. The predicted molar refractivity (Wildman–Crippen MR) is 270 cm³/mol. The van der Waals surface area contributed by atoms with Gasteiger partial charge in [0.2, 0.25) is 0 Å². The van der Waals surface area contributed by atoms with Gasteiger partial charge in [-0.15, -0.1) is 0 Å². The van der Waals surface area contributed by atoms with E-state index in [1.807, 2.05) is 0 Å². The van der Waals surface area contributed by atoms with E-state index in [2.05, 4.69) is 266 Å². The molecule has 0 saturated heterocycles. The molecule has 0 aliphatic heterocycles. The highest BCUT2D eigenvalue weighted by Gasteiger charge is 2.46. The first-order valence-corrected chi connectivity index (χ1v) is 22.2.